The average molecular weight is 379 g/mol. The van der Waals surface area contributed by atoms with Gasteiger partial charge in [-0.3, -0.25) is 0 Å². The fourth-order valence-corrected chi connectivity index (χ4v) is 2.76. The van der Waals surface area contributed by atoms with Gasteiger partial charge in [-0.05, 0) is 30.9 Å². The van der Waals surface area contributed by atoms with Gasteiger partial charge in [0, 0.05) is 45.0 Å². The van der Waals surface area contributed by atoms with E-state index in [2.05, 4.69) is 5.32 Å². The van der Waals surface area contributed by atoms with E-state index >= 15 is 0 Å². The molecule has 8 heteroatoms. The lowest BCUT2D eigenvalue weighted by Crippen LogP contribution is -2.42. The molecule has 0 aromatic heterocycles. The number of hydrogen-bond donors (Lipinski definition) is 1. The number of cyclic esters (lactones) is 2. The molecule has 0 saturated carbocycles. The quantitative estimate of drug-likeness (QED) is 0.478. The summed E-state index contributed by atoms with van der Waals surface area (Å²) in [5.41, 5.74) is 0.0541. The van der Waals surface area contributed by atoms with E-state index in [4.69, 9.17) is 18.9 Å². The van der Waals surface area contributed by atoms with Crippen LogP contribution < -0.4 is 10.1 Å². The second-order valence-corrected chi connectivity index (χ2v) is 6.89. The SMILES string of the molecule is CC1(C)OC(=O)C(=CNc2ccc(OCC3CCOCC3)c(F)c2)C(=O)O1. The number of esters is 2. The van der Waals surface area contributed by atoms with E-state index in [-0.39, 0.29) is 11.3 Å². The molecule has 0 unspecified atom stereocenters. The zero-order valence-corrected chi connectivity index (χ0v) is 15.2. The van der Waals surface area contributed by atoms with Crippen LogP contribution in [0.4, 0.5) is 10.1 Å². The Labute approximate surface area is 156 Å². The molecule has 0 bridgehead atoms. The maximum atomic E-state index is 14.2. The topological polar surface area (TPSA) is 83.1 Å². The Morgan fingerprint density at radius 3 is 2.52 bits per heavy atom. The largest absolute Gasteiger partial charge is 0.490 e. The standard InChI is InChI=1S/C19H22FNO6/c1-19(2)26-17(22)14(18(23)27-19)10-21-13-3-4-16(15(20)9-13)25-11-12-5-7-24-8-6-12/h3-4,9-10,12,21H,5-8,11H2,1-2H3. The summed E-state index contributed by atoms with van der Waals surface area (Å²) in [4.78, 5) is 23.7. The molecule has 1 aromatic rings. The first kappa shape index (κ1) is 19.2. The van der Waals surface area contributed by atoms with Crippen LogP contribution in [0.5, 0.6) is 5.75 Å². The molecule has 7 nitrogen and oxygen atoms in total. The first-order valence-corrected chi connectivity index (χ1v) is 8.77. The van der Waals surface area contributed by atoms with E-state index in [9.17, 15) is 14.0 Å². The van der Waals surface area contributed by atoms with Crippen LogP contribution in [0.1, 0.15) is 26.7 Å². The Balaban J connectivity index is 1.60. The van der Waals surface area contributed by atoms with Crippen molar-refractivity contribution in [3.05, 3.63) is 35.8 Å². The molecule has 2 fully saturated rings. The van der Waals surface area contributed by atoms with E-state index < -0.39 is 23.5 Å². The summed E-state index contributed by atoms with van der Waals surface area (Å²) in [7, 11) is 0. The predicted octanol–water partition coefficient (Wildman–Crippen LogP) is 2.76. The average Bonchev–Trinajstić information content (AvgIpc) is 2.60. The molecule has 27 heavy (non-hydrogen) atoms. The van der Waals surface area contributed by atoms with Crippen molar-refractivity contribution in [2.75, 3.05) is 25.1 Å². The number of rotatable bonds is 5. The number of halogens is 1. The van der Waals surface area contributed by atoms with Crippen molar-refractivity contribution in [2.24, 2.45) is 5.92 Å². The normalized spacial score (nSPS) is 19.9. The van der Waals surface area contributed by atoms with Crippen molar-refractivity contribution in [2.45, 2.75) is 32.5 Å². The number of benzene rings is 1. The lowest BCUT2D eigenvalue weighted by Gasteiger charge is -2.29. The molecule has 0 amide bonds. The van der Waals surface area contributed by atoms with Gasteiger partial charge in [0.05, 0.1) is 6.61 Å². The van der Waals surface area contributed by atoms with Crippen LogP contribution in [-0.2, 0) is 23.8 Å². The number of hydrogen-bond acceptors (Lipinski definition) is 7. The van der Waals surface area contributed by atoms with Crippen LogP contribution >= 0.6 is 0 Å². The van der Waals surface area contributed by atoms with Gasteiger partial charge >= 0.3 is 11.9 Å². The Morgan fingerprint density at radius 1 is 1.22 bits per heavy atom. The first-order valence-electron chi connectivity index (χ1n) is 8.77. The highest BCUT2D eigenvalue weighted by molar-refractivity contribution is 6.15. The molecular weight excluding hydrogens is 357 g/mol. The van der Waals surface area contributed by atoms with Crippen LogP contribution in [0.2, 0.25) is 0 Å². The number of nitrogens with one attached hydrogen (secondary N) is 1. The molecule has 0 radical (unpaired) electrons. The monoisotopic (exact) mass is 379 g/mol. The van der Waals surface area contributed by atoms with Crippen LogP contribution in [0.15, 0.2) is 30.0 Å². The van der Waals surface area contributed by atoms with E-state index in [1.54, 1.807) is 6.07 Å². The maximum Gasteiger partial charge on any atom is 0.350 e. The van der Waals surface area contributed by atoms with E-state index in [0.717, 1.165) is 19.0 Å². The van der Waals surface area contributed by atoms with Gasteiger partial charge in [0.25, 0.3) is 5.79 Å². The third kappa shape index (κ3) is 4.97. The summed E-state index contributed by atoms with van der Waals surface area (Å²) in [6.45, 7) is 4.76. The second-order valence-electron chi connectivity index (χ2n) is 6.89. The van der Waals surface area contributed by atoms with Gasteiger partial charge in [-0.15, -0.1) is 0 Å². The fraction of sp³-hybridized carbons (Fsp3) is 0.474. The molecule has 0 aliphatic carbocycles. The second kappa shape index (κ2) is 7.96. The van der Waals surface area contributed by atoms with E-state index in [1.807, 2.05) is 0 Å². The molecule has 2 heterocycles. The van der Waals surface area contributed by atoms with Gasteiger partial charge in [-0.1, -0.05) is 0 Å². The molecule has 0 spiro atoms. The zero-order valence-electron chi connectivity index (χ0n) is 15.2. The molecule has 2 saturated heterocycles. The molecule has 2 aliphatic rings. The third-order valence-electron chi connectivity index (χ3n) is 4.25. The van der Waals surface area contributed by atoms with Crippen LogP contribution in [-0.4, -0.2) is 37.5 Å². The van der Waals surface area contributed by atoms with Crippen molar-refractivity contribution in [1.82, 2.24) is 0 Å². The third-order valence-corrected chi connectivity index (χ3v) is 4.25. The van der Waals surface area contributed by atoms with Crippen molar-refractivity contribution in [3.8, 4) is 5.75 Å². The summed E-state index contributed by atoms with van der Waals surface area (Å²) < 4.78 is 35.0. The summed E-state index contributed by atoms with van der Waals surface area (Å²) in [5, 5.41) is 2.70. The summed E-state index contributed by atoms with van der Waals surface area (Å²) in [6.07, 6.45) is 2.94. The summed E-state index contributed by atoms with van der Waals surface area (Å²) in [6, 6.07) is 4.30. The molecule has 0 atom stereocenters. The van der Waals surface area contributed by atoms with Crippen molar-refractivity contribution in [3.63, 3.8) is 0 Å². The highest BCUT2D eigenvalue weighted by Gasteiger charge is 2.38. The summed E-state index contributed by atoms with van der Waals surface area (Å²) in [5.74, 6) is -2.95. The molecule has 1 N–H and O–H groups in total. The Hall–Kier alpha value is -2.61. The molecule has 3 rings (SSSR count). The highest BCUT2D eigenvalue weighted by atomic mass is 19.1. The van der Waals surface area contributed by atoms with E-state index in [0.29, 0.717) is 31.4 Å². The smallest absolute Gasteiger partial charge is 0.350 e. The molecule has 146 valence electrons. The Morgan fingerprint density at radius 2 is 1.89 bits per heavy atom. The Bertz CT molecular complexity index is 733. The van der Waals surface area contributed by atoms with Crippen LogP contribution in [0.3, 0.4) is 0 Å². The van der Waals surface area contributed by atoms with Gasteiger partial charge in [-0.25, -0.2) is 14.0 Å². The predicted molar refractivity (Wildman–Crippen MR) is 93.4 cm³/mol. The van der Waals surface area contributed by atoms with Gasteiger partial charge in [0.1, 0.15) is 0 Å². The number of carbonyl (C=O) groups excluding carboxylic acids is 2. The van der Waals surface area contributed by atoms with Gasteiger partial charge < -0.3 is 24.3 Å². The minimum absolute atomic E-state index is 0.151. The van der Waals surface area contributed by atoms with Crippen molar-refractivity contribution in [1.29, 1.82) is 0 Å². The van der Waals surface area contributed by atoms with Gasteiger partial charge in [0.2, 0.25) is 0 Å². The minimum atomic E-state index is -1.30. The van der Waals surface area contributed by atoms with Crippen molar-refractivity contribution < 1.29 is 32.9 Å². The van der Waals surface area contributed by atoms with Gasteiger partial charge in [0.15, 0.2) is 17.1 Å². The fourth-order valence-electron chi connectivity index (χ4n) is 2.76. The lowest BCUT2D eigenvalue weighted by molar-refractivity contribution is -0.222. The molecular formula is C19H22FNO6. The van der Waals surface area contributed by atoms with Crippen molar-refractivity contribution >= 4 is 17.6 Å². The van der Waals surface area contributed by atoms with Crippen LogP contribution in [0.25, 0.3) is 0 Å². The number of anilines is 1. The van der Waals surface area contributed by atoms with Gasteiger partial charge in [-0.2, -0.15) is 0 Å². The number of carbonyl (C=O) groups is 2. The minimum Gasteiger partial charge on any atom is -0.490 e. The maximum absolute atomic E-state index is 14.2. The zero-order chi connectivity index (χ0) is 19.4. The van der Waals surface area contributed by atoms with Crippen LogP contribution in [0, 0.1) is 11.7 Å². The van der Waals surface area contributed by atoms with E-state index in [1.165, 1.54) is 26.0 Å². The highest BCUT2D eigenvalue weighted by Crippen LogP contribution is 2.25. The first-order chi connectivity index (χ1) is 12.8. The molecule has 2 aliphatic heterocycles. The molecule has 1 aromatic carbocycles. The lowest BCUT2D eigenvalue weighted by atomic mass is 10.0. The number of ether oxygens (including phenoxy) is 4. The Kier molecular flexibility index (Phi) is 5.65. The summed E-state index contributed by atoms with van der Waals surface area (Å²) >= 11 is 0.